The van der Waals surface area contributed by atoms with Crippen molar-refractivity contribution in [1.29, 1.82) is 0 Å². The Labute approximate surface area is 135 Å². The van der Waals surface area contributed by atoms with Crippen molar-refractivity contribution in [2.75, 3.05) is 23.0 Å². The van der Waals surface area contributed by atoms with E-state index in [-0.39, 0.29) is 5.54 Å². The Kier molecular flexibility index (Phi) is 5.43. The van der Waals surface area contributed by atoms with E-state index >= 15 is 0 Å². The van der Waals surface area contributed by atoms with Crippen LogP contribution in [0.25, 0.3) is 0 Å². The highest BCUT2D eigenvalue weighted by Gasteiger charge is 2.21. The van der Waals surface area contributed by atoms with Crippen molar-refractivity contribution in [2.24, 2.45) is 0 Å². The van der Waals surface area contributed by atoms with Gasteiger partial charge in [0.2, 0.25) is 0 Å². The molecule has 2 rings (SSSR count). The Bertz CT molecular complexity index is 456. The minimum atomic E-state index is 0.142. The number of anilines is 1. The Balaban J connectivity index is 2.23. The standard InChI is InChI=1S/C16H25BrN2S/c1-12-11-20-8-7-19(12)15-6-5-14(17)9-13(15)10-18-16(2,3)4/h5-6,9,12,18H,7-8,10-11H2,1-4H3. The lowest BCUT2D eigenvalue weighted by atomic mass is 10.1. The smallest absolute Gasteiger partial charge is 0.0415 e. The Morgan fingerprint density at radius 2 is 2.15 bits per heavy atom. The molecule has 2 nitrogen and oxygen atoms in total. The van der Waals surface area contributed by atoms with Crippen molar-refractivity contribution in [3.8, 4) is 0 Å². The molecule has 0 aromatic heterocycles. The predicted octanol–water partition coefficient (Wildman–Crippen LogP) is 4.28. The Hall–Kier alpha value is -0.190. The summed E-state index contributed by atoms with van der Waals surface area (Å²) in [7, 11) is 0. The van der Waals surface area contributed by atoms with Crippen LogP contribution in [0.2, 0.25) is 0 Å². The fourth-order valence-corrected chi connectivity index (χ4v) is 3.84. The molecule has 112 valence electrons. The van der Waals surface area contributed by atoms with Gasteiger partial charge in [-0.3, -0.25) is 0 Å². The fraction of sp³-hybridized carbons (Fsp3) is 0.625. The summed E-state index contributed by atoms with van der Waals surface area (Å²) in [6.45, 7) is 11.0. The van der Waals surface area contributed by atoms with Gasteiger partial charge in [-0.05, 0) is 51.5 Å². The van der Waals surface area contributed by atoms with Gasteiger partial charge < -0.3 is 10.2 Å². The highest BCUT2D eigenvalue weighted by Crippen LogP contribution is 2.29. The van der Waals surface area contributed by atoms with Crippen molar-refractivity contribution in [1.82, 2.24) is 5.32 Å². The van der Waals surface area contributed by atoms with Crippen LogP contribution in [0, 0.1) is 0 Å². The third-order valence-corrected chi connectivity index (χ3v) is 5.21. The summed E-state index contributed by atoms with van der Waals surface area (Å²) in [4.78, 5) is 2.56. The quantitative estimate of drug-likeness (QED) is 0.869. The summed E-state index contributed by atoms with van der Waals surface area (Å²) < 4.78 is 1.16. The third kappa shape index (κ3) is 4.40. The summed E-state index contributed by atoms with van der Waals surface area (Å²) in [6.07, 6.45) is 0. The lowest BCUT2D eigenvalue weighted by Gasteiger charge is -2.37. The van der Waals surface area contributed by atoms with Crippen LogP contribution in [0.5, 0.6) is 0 Å². The first-order valence-electron chi connectivity index (χ1n) is 7.25. The molecule has 0 bridgehead atoms. The largest absolute Gasteiger partial charge is 0.367 e. The molecule has 0 radical (unpaired) electrons. The van der Waals surface area contributed by atoms with E-state index in [9.17, 15) is 0 Å². The van der Waals surface area contributed by atoms with Crippen molar-refractivity contribution in [2.45, 2.75) is 45.8 Å². The zero-order valence-electron chi connectivity index (χ0n) is 12.9. The number of nitrogens with one attached hydrogen (secondary N) is 1. The number of benzene rings is 1. The lowest BCUT2D eigenvalue weighted by Crippen LogP contribution is -2.41. The van der Waals surface area contributed by atoms with E-state index in [0.29, 0.717) is 6.04 Å². The van der Waals surface area contributed by atoms with Crippen LogP contribution in [0.3, 0.4) is 0 Å². The maximum atomic E-state index is 3.61. The third-order valence-electron chi connectivity index (χ3n) is 3.53. The van der Waals surface area contributed by atoms with Gasteiger partial charge >= 0.3 is 0 Å². The molecule has 1 heterocycles. The zero-order valence-corrected chi connectivity index (χ0v) is 15.3. The van der Waals surface area contributed by atoms with E-state index in [0.717, 1.165) is 17.6 Å². The molecule has 1 atom stereocenters. The number of hydrogen-bond acceptors (Lipinski definition) is 3. The monoisotopic (exact) mass is 356 g/mol. The molecular formula is C16H25BrN2S. The molecule has 4 heteroatoms. The molecule has 0 saturated carbocycles. The average Bonchev–Trinajstić information content (AvgIpc) is 2.37. The van der Waals surface area contributed by atoms with Gasteiger partial charge in [0.15, 0.2) is 0 Å². The molecule has 1 aliphatic rings. The van der Waals surface area contributed by atoms with Gasteiger partial charge in [-0.1, -0.05) is 15.9 Å². The zero-order chi connectivity index (χ0) is 14.8. The number of nitrogens with zero attached hydrogens (tertiary/aromatic N) is 1. The molecule has 20 heavy (non-hydrogen) atoms. The Morgan fingerprint density at radius 1 is 1.40 bits per heavy atom. The van der Waals surface area contributed by atoms with Gasteiger partial charge in [0.05, 0.1) is 0 Å². The molecule has 0 amide bonds. The van der Waals surface area contributed by atoms with Crippen LogP contribution < -0.4 is 10.2 Å². The summed E-state index contributed by atoms with van der Waals surface area (Å²) in [5, 5.41) is 3.61. The first kappa shape index (κ1) is 16.2. The summed E-state index contributed by atoms with van der Waals surface area (Å²) in [5.74, 6) is 2.45. The highest BCUT2D eigenvalue weighted by molar-refractivity contribution is 9.10. The van der Waals surface area contributed by atoms with Gasteiger partial charge in [0.1, 0.15) is 0 Å². The maximum absolute atomic E-state index is 3.61. The second-order valence-corrected chi connectivity index (χ2v) is 8.56. The molecule has 0 spiro atoms. The highest BCUT2D eigenvalue weighted by atomic mass is 79.9. The van der Waals surface area contributed by atoms with Crippen molar-refractivity contribution in [3.05, 3.63) is 28.2 Å². The minimum absolute atomic E-state index is 0.142. The fourth-order valence-electron chi connectivity index (χ4n) is 2.42. The Morgan fingerprint density at radius 3 is 2.80 bits per heavy atom. The van der Waals surface area contributed by atoms with E-state index in [1.165, 1.54) is 22.8 Å². The van der Waals surface area contributed by atoms with E-state index in [1.807, 2.05) is 0 Å². The minimum Gasteiger partial charge on any atom is -0.367 e. The summed E-state index contributed by atoms with van der Waals surface area (Å²) >= 11 is 5.67. The van der Waals surface area contributed by atoms with Crippen LogP contribution in [-0.4, -0.2) is 29.6 Å². The van der Waals surface area contributed by atoms with E-state index in [2.05, 4.69) is 83.8 Å². The van der Waals surface area contributed by atoms with Crippen molar-refractivity contribution >= 4 is 33.4 Å². The van der Waals surface area contributed by atoms with Crippen LogP contribution in [0.4, 0.5) is 5.69 Å². The molecule has 1 aromatic rings. The lowest BCUT2D eigenvalue weighted by molar-refractivity contribution is 0.424. The molecule has 1 N–H and O–H groups in total. The van der Waals surface area contributed by atoms with Gasteiger partial charge in [-0.15, -0.1) is 0 Å². The number of thioether (sulfide) groups is 1. The van der Waals surface area contributed by atoms with Crippen LogP contribution in [-0.2, 0) is 6.54 Å². The second kappa shape index (κ2) is 6.71. The molecule has 1 unspecified atom stereocenters. The number of hydrogen-bond donors (Lipinski definition) is 1. The van der Waals surface area contributed by atoms with Crippen LogP contribution in [0.1, 0.15) is 33.3 Å². The first-order valence-corrected chi connectivity index (χ1v) is 9.19. The first-order chi connectivity index (χ1) is 9.37. The van der Waals surface area contributed by atoms with E-state index in [1.54, 1.807) is 0 Å². The molecular weight excluding hydrogens is 332 g/mol. The maximum Gasteiger partial charge on any atom is 0.0415 e. The average molecular weight is 357 g/mol. The molecule has 1 aromatic carbocycles. The molecule has 1 saturated heterocycles. The van der Waals surface area contributed by atoms with Crippen molar-refractivity contribution in [3.63, 3.8) is 0 Å². The molecule has 0 aliphatic carbocycles. The SMILES string of the molecule is CC1CSCCN1c1ccc(Br)cc1CNC(C)(C)C. The van der Waals surface area contributed by atoms with Gasteiger partial charge in [0, 0.05) is 46.3 Å². The van der Waals surface area contributed by atoms with Gasteiger partial charge in [0.25, 0.3) is 0 Å². The van der Waals surface area contributed by atoms with Gasteiger partial charge in [-0.25, -0.2) is 0 Å². The van der Waals surface area contributed by atoms with Crippen LogP contribution >= 0.6 is 27.7 Å². The topological polar surface area (TPSA) is 15.3 Å². The summed E-state index contributed by atoms with van der Waals surface area (Å²) in [5.41, 5.74) is 2.91. The number of rotatable bonds is 3. The normalized spacial score (nSPS) is 20.2. The van der Waals surface area contributed by atoms with E-state index in [4.69, 9.17) is 0 Å². The number of halogens is 1. The van der Waals surface area contributed by atoms with Crippen molar-refractivity contribution < 1.29 is 0 Å². The second-order valence-electron chi connectivity index (χ2n) is 6.49. The predicted molar refractivity (Wildman–Crippen MR) is 94.9 cm³/mol. The van der Waals surface area contributed by atoms with E-state index < -0.39 is 0 Å². The van der Waals surface area contributed by atoms with Gasteiger partial charge in [-0.2, -0.15) is 11.8 Å². The molecule has 1 fully saturated rings. The summed E-state index contributed by atoms with van der Waals surface area (Å²) in [6, 6.07) is 7.28. The molecule has 1 aliphatic heterocycles. The van der Waals surface area contributed by atoms with Crippen LogP contribution in [0.15, 0.2) is 22.7 Å².